The molecule has 0 radical (unpaired) electrons. The van der Waals surface area contributed by atoms with Gasteiger partial charge < -0.3 is 9.30 Å². The van der Waals surface area contributed by atoms with Gasteiger partial charge in [0.2, 0.25) is 5.88 Å². The molecule has 2 heterocycles. The Bertz CT molecular complexity index is 1030. The van der Waals surface area contributed by atoms with Crippen LogP contribution in [-0.2, 0) is 7.05 Å². The molecule has 0 N–H and O–H groups in total. The highest BCUT2D eigenvalue weighted by Crippen LogP contribution is 2.30. The molecule has 1 fully saturated rings. The fourth-order valence-electron chi connectivity index (χ4n) is 4.38. The lowest BCUT2D eigenvalue weighted by molar-refractivity contribution is 0.148. The third-order valence-corrected chi connectivity index (χ3v) is 5.56. The number of aromatic nitrogens is 3. The molecule has 2 aromatic heterocycles. The predicted molar refractivity (Wildman–Crippen MR) is 108 cm³/mol. The third-order valence-electron chi connectivity index (χ3n) is 5.56. The second kappa shape index (κ2) is 6.87. The van der Waals surface area contributed by atoms with E-state index in [1.54, 1.807) is 7.05 Å². The molecule has 0 spiro atoms. The summed E-state index contributed by atoms with van der Waals surface area (Å²) in [5.74, 6) is 0.570. The smallest absolute Gasteiger partial charge is 0.291 e. The first-order chi connectivity index (χ1) is 13.0. The van der Waals surface area contributed by atoms with Gasteiger partial charge in [0, 0.05) is 13.2 Å². The second-order valence-corrected chi connectivity index (χ2v) is 7.81. The quantitative estimate of drug-likeness (QED) is 0.693. The summed E-state index contributed by atoms with van der Waals surface area (Å²) in [6.45, 7) is 6.27. The van der Waals surface area contributed by atoms with Crippen LogP contribution in [0.5, 0.6) is 5.88 Å². The highest BCUT2D eigenvalue weighted by Gasteiger charge is 2.21. The van der Waals surface area contributed by atoms with Crippen molar-refractivity contribution in [3.05, 3.63) is 51.4 Å². The van der Waals surface area contributed by atoms with E-state index < -0.39 is 0 Å². The van der Waals surface area contributed by atoms with Crippen LogP contribution in [0.1, 0.15) is 48.8 Å². The summed E-state index contributed by atoms with van der Waals surface area (Å²) in [5.41, 5.74) is 5.11. The molecule has 27 heavy (non-hydrogen) atoms. The molecule has 142 valence electrons. The van der Waals surface area contributed by atoms with Gasteiger partial charge in [0.15, 0.2) is 0 Å². The Hall–Kier alpha value is -2.56. The molecule has 1 aromatic carbocycles. The van der Waals surface area contributed by atoms with Gasteiger partial charge in [-0.25, -0.2) is 4.68 Å². The van der Waals surface area contributed by atoms with Crippen LogP contribution in [0.15, 0.2) is 29.2 Å². The minimum absolute atomic E-state index is 0.106. The molecule has 4 rings (SSSR count). The van der Waals surface area contributed by atoms with Crippen molar-refractivity contribution in [3.8, 4) is 11.6 Å². The van der Waals surface area contributed by atoms with Crippen LogP contribution in [0.4, 0.5) is 0 Å². The van der Waals surface area contributed by atoms with Crippen LogP contribution in [0, 0.1) is 20.8 Å². The zero-order valence-electron chi connectivity index (χ0n) is 16.6. The van der Waals surface area contributed by atoms with Gasteiger partial charge in [0.05, 0.1) is 11.1 Å². The fraction of sp³-hybridized carbons (Fsp3) is 0.455. The summed E-state index contributed by atoms with van der Waals surface area (Å²) >= 11 is 0. The van der Waals surface area contributed by atoms with Crippen LogP contribution in [0.25, 0.3) is 16.6 Å². The van der Waals surface area contributed by atoms with Crippen molar-refractivity contribution in [1.29, 1.82) is 0 Å². The maximum Gasteiger partial charge on any atom is 0.291 e. The van der Waals surface area contributed by atoms with Gasteiger partial charge in [-0.1, -0.05) is 24.1 Å². The first-order valence-corrected chi connectivity index (χ1v) is 9.79. The van der Waals surface area contributed by atoms with E-state index >= 15 is 0 Å². The maximum absolute atomic E-state index is 12.9. The Morgan fingerprint density at radius 2 is 1.74 bits per heavy atom. The molecule has 0 bridgehead atoms. The van der Waals surface area contributed by atoms with Gasteiger partial charge in [-0.15, -0.1) is 5.10 Å². The van der Waals surface area contributed by atoms with Crippen molar-refractivity contribution in [1.82, 2.24) is 14.3 Å². The number of fused-ring (bicyclic) bond motifs is 1. The summed E-state index contributed by atoms with van der Waals surface area (Å²) in [4.78, 5) is 12.9. The number of aryl methyl sites for hydroxylation is 4. The van der Waals surface area contributed by atoms with Gasteiger partial charge in [0.25, 0.3) is 5.56 Å². The second-order valence-electron chi connectivity index (χ2n) is 7.81. The van der Waals surface area contributed by atoms with Crippen LogP contribution < -0.4 is 10.3 Å². The number of benzene rings is 1. The molecule has 3 aromatic rings. The first kappa shape index (κ1) is 17.8. The minimum Gasteiger partial charge on any atom is -0.473 e. The van der Waals surface area contributed by atoms with Crippen LogP contribution in [0.2, 0.25) is 0 Å². The van der Waals surface area contributed by atoms with Crippen LogP contribution >= 0.6 is 0 Å². The topological polar surface area (TPSA) is 49.0 Å². The Labute approximate surface area is 159 Å². The standard InChI is InChI=1S/C22H27N3O2/c1-14-12-15(2)19(16(3)13-14)25-11-10-18-20(25)22(26)24(4)23-21(18)27-17-8-6-5-7-9-17/h10-13,17H,5-9H2,1-4H3. The van der Waals surface area contributed by atoms with Crippen molar-refractivity contribution in [2.24, 2.45) is 7.05 Å². The van der Waals surface area contributed by atoms with E-state index in [0.717, 1.165) is 35.0 Å². The molecule has 0 atom stereocenters. The molecular formula is C22H27N3O2. The average Bonchev–Trinajstić information content (AvgIpc) is 3.04. The summed E-state index contributed by atoms with van der Waals surface area (Å²) in [7, 11) is 1.70. The molecule has 1 saturated carbocycles. The predicted octanol–water partition coefficient (Wildman–Crippen LogP) is 4.36. The Morgan fingerprint density at radius 3 is 2.41 bits per heavy atom. The van der Waals surface area contributed by atoms with E-state index in [1.165, 1.54) is 29.5 Å². The van der Waals surface area contributed by atoms with Crippen molar-refractivity contribution in [2.75, 3.05) is 0 Å². The molecule has 1 aliphatic carbocycles. The largest absolute Gasteiger partial charge is 0.473 e. The van der Waals surface area contributed by atoms with Crippen LogP contribution in [-0.4, -0.2) is 20.5 Å². The van der Waals surface area contributed by atoms with Crippen LogP contribution in [0.3, 0.4) is 0 Å². The maximum atomic E-state index is 12.9. The van der Waals surface area contributed by atoms with Gasteiger partial charge >= 0.3 is 0 Å². The van der Waals surface area contributed by atoms with Crippen molar-refractivity contribution in [2.45, 2.75) is 59.0 Å². The highest BCUT2D eigenvalue weighted by molar-refractivity contribution is 5.86. The van der Waals surface area contributed by atoms with Gasteiger partial charge in [-0.05, 0) is 63.6 Å². The molecule has 5 heteroatoms. The van der Waals surface area contributed by atoms with E-state index in [0.29, 0.717) is 11.4 Å². The zero-order valence-corrected chi connectivity index (χ0v) is 16.6. The third kappa shape index (κ3) is 3.15. The monoisotopic (exact) mass is 365 g/mol. The summed E-state index contributed by atoms with van der Waals surface area (Å²) in [6.07, 6.45) is 7.94. The molecule has 0 aliphatic heterocycles. The van der Waals surface area contributed by atoms with E-state index in [1.807, 2.05) is 16.8 Å². The SMILES string of the molecule is Cc1cc(C)c(-n2ccc3c(OC4CCCCC4)nn(C)c(=O)c32)c(C)c1. The lowest BCUT2D eigenvalue weighted by Crippen LogP contribution is -2.25. The van der Waals surface area contributed by atoms with Gasteiger partial charge in [0.1, 0.15) is 11.6 Å². The minimum atomic E-state index is -0.106. The molecule has 0 saturated heterocycles. The summed E-state index contributed by atoms with van der Waals surface area (Å²) in [6, 6.07) is 6.26. The van der Waals surface area contributed by atoms with E-state index in [2.05, 4.69) is 38.0 Å². The number of nitrogens with zero attached hydrogens (tertiary/aromatic N) is 3. The summed E-state index contributed by atoms with van der Waals surface area (Å²) < 4.78 is 9.64. The fourth-order valence-corrected chi connectivity index (χ4v) is 4.38. The van der Waals surface area contributed by atoms with E-state index in [4.69, 9.17) is 4.74 Å². The Balaban J connectivity index is 1.89. The zero-order chi connectivity index (χ0) is 19.1. The molecule has 0 amide bonds. The van der Waals surface area contributed by atoms with Gasteiger partial charge in [-0.3, -0.25) is 4.79 Å². The Kier molecular flexibility index (Phi) is 4.54. The molecule has 0 unspecified atom stereocenters. The number of hydrogen-bond acceptors (Lipinski definition) is 3. The number of ether oxygens (including phenoxy) is 1. The molecular weight excluding hydrogens is 338 g/mol. The van der Waals surface area contributed by atoms with Gasteiger partial charge in [-0.2, -0.15) is 0 Å². The molecule has 5 nitrogen and oxygen atoms in total. The highest BCUT2D eigenvalue weighted by atomic mass is 16.5. The average molecular weight is 365 g/mol. The first-order valence-electron chi connectivity index (χ1n) is 9.79. The molecule has 1 aliphatic rings. The van der Waals surface area contributed by atoms with Crippen molar-refractivity contribution in [3.63, 3.8) is 0 Å². The Morgan fingerprint density at radius 1 is 1.07 bits per heavy atom. The lowest BCUT2D eigenvalue weighted by Gasteiger charge is -2.23. The summed E-state index contributed by atoms with van der Waals surface area (Å²) in [5, 5.41) is 5.22. The van der Waals surface area contributed by atoms with E-state index in [9.17, 15) is 4.79 Å². The van der Waals surface area contributed by atoms with Crippen molar-refractivity contribution < 1.29 is 4.74 Å². The van der Waals surface area contributed by atoms with Crippen molar-refractivity contribution >= 4 is 10.9 Å². The van der Waals surface area contributed by atoms with E-state index in [-0.39, 0.29) is 11.7 Å². The normalized spacial score (nSPS) is 15.4. The number of rotatable bonds is 3. The lowest BCUT2D eigenvalue weighted by atomic mass is 9.98. The number of hydrogen-bond donors (Lipinski definition) is 0.